The van der Waals surface area contributed by atoms with Crippen molar-refractivity contribution in [3.63, 3.8) is 0 Å². The molecule has 1 atom stereocenters. The molecule has 3 aromatic rings. The number of alkyl carbamates (subject to hydrolysis) is 1. The van der Waals surface area contributed by atoms with Crippen LogP contribution >= 0.6 is 0 Å². The van der Waals surface area contributed by atoms with E-state index in [-0.39, 0.29) is 11.5 Å². The number of amides is 1. The third kappa shape index (κ3) is 10.3. The van der Waals surface area contributed by atoms with Crippen LogP contribution in [0.2, 0.25) is 5.04 Å². The summed E-state index contributed by atoms with van der Waals surface area (Å²) in [4.78, 5) is 24.0. The van der Waals surface area contributed by atoms with Crippen molar-refractivity contribution >= 4 is 40.8 Å². The van der Waals surface area contributed by atoms with Gasteiger partial charge in [0.1, 0.15) is 17.9 Å². The summed E-state index contributed by atoms with van der Waals surface area (Å²) in [7, 11) is -5.64. The summed E-state index contributed by atoms with van der Waals surface area (Å²) in [6.07, 6.45) is 0.918. The van der Waals surface area contributed by atoms with E-state index in [0.29, 0.717) is 5.75 Å². The van der Waals surface area contributed by atoms with Crippen molar-refractivity contribution in [3.8, 4) is 5.75 Å². The maximum Gasteiger partial charge on any atom is 0.408 e. The maximum absolute atomic E-state index is 12.6. The lowest BCUT2D eigenvalue weighted by molar-refractivity contribution is -0.139. The summed E-state index contributed by atoms with van der Waals surface area (Å²) in [5.74, 6) is -0.0226. The number of carbonyl (C=O) groups is 2. The molecule has 0 radical (unpaired) electrons. The molecule has 0 spiro atoms. The summed E-state index contributed by atoms with van der Waals surface area (Å²) >= 11 is 0. The second-order valence-electron chi connectivity index (χ2n) is 12.6. The quantitative estimate of drug-likeness (QED) is 0.216. The van der Waals surface area contributed by atoms with Crippen molar-refractivity contribution < 1.29 is 31.9 Å². The van der Waals surface area contributed by atoms with Gasteiger partial charge in [0.15, 0.2) is 0 Å². The van der Waals surface area contributed by atoms with Crippen LogP contribution in [0.4, 0.5) is 4.79 Å². The number of sulfonamides is 1. The standard InChI is InChI=1S/C34H44N2O7SSi/c1-33(2,3)42-32(38)36-27(22-23-44(39,40)35-25-31(37)41-7)24-26-18-20-28(21-19-26)43-45(34(4,5)6,29-14-10-8-11-15-29)30-16-12-9-13-17-30/h8-23,27,35H,24-25H2,1-7H3,(H,36,38)/b23-22+. The van der Waals surface area contributed by atoms with Gasteiger partial charge in [0.25, 0.3) is 0 Å². The zero-order valence-electron chi connectivity index (χ0n) is 27.0. The van der Waals surface area contributed by atoms with Crippen LogP contribution < -0.4 is 24.8 Å². The number of esters is 1. The monoisotopic (exact) mass is 652 g/mol. The molecule has 3 rings (SSSR count). The Hall–Kier alpha value is -3.93. The molecule has 1 unspecified atom stereocenters. The number of hydrogen-bond acceptors (Lipinski definition) is 7. The van der Waals surface area contributed by atoms with Gasteiger partial charge in [-0.15, -0.1) is 0 Å². The second-order valence-corrected chi connectivity index (χ2v) is 18.5. The Morgan fingerprint density at radius 2 is 1.38 bits per heavy atom. The fraction of sp³-hybridized carbons (Fsp3) is 0.353. The van der Waals surface area contributed by atoms with Crippen molar-refractivity contribution in [1.82, 2.24) is 10.0 Å². The molecule has 0 heterocycles. The smallest absolute Gasteiger partial charge is 0.408 e. The van der Waals surface area contributed by atoms with Gasteiger partial charge in [0.05, 0.1) is 13.2 Å². The van der Waals surface area contributed by atoms with E-state index in [1.54, 1.807) is 20.8 Å². The van der Waals surface area contributed by atoms with Crippen LogP contribution in [0.25, 0.3) is 0 Å². The highest BCUT2D eigenvalue weighted by Gasteiger charge is 2.52. The lowest BCUT2D eigenvalue weighted by atomic mass is 10.1. The predicted octanol–water partition coefficient (Wildman–Crippen LogP) is 4.67. The fourth-order valence-electron chi connectivity index (χ4n) is 4.88. The molecule has 3 aromatic carbocycles. The number of rotatable bonds is 12. The summed E-state index contributed by atoms with van der Waals surface area (Å²) < 4.78 is 44.0. The third-order valence-electron chi connectivity index (χ3n) is 6.90. The number of hydrogen-bond donors (Lipinski definition) is 2. The Kier molecular flexibility index (Phi) is 11.8. The summed E-state index contributed by atoms with van der Waals surface area (Å²) in [6, 6.07) is 27.5. The highest BCUT2D eigenvalue weighted by Crippen LogP contribution is 2.37. The molecule has 0 fully saturated rings. The Morgan fingerprint density at radius 3 is 1.84 bits per heavy atom. The van der Waals surface area contributed by atoms with Crippen molar-refractivity contribution in [3.05, 3.63) is 102 Å². The first kappa shape index (κ1) is 35.5. The highest BCUT2D eigenvalue weighted by molar-refractivity contribution is 7.92. The Bertz CT molecular complexity index is 1510. The van der Waals surface area contributed by atoms with E-state index in [1.165, 1.54) is 6.08 Å². The molecule has 2 N–H and O–H groups in total. The Balaban J connectivity index is 1.91. The first-order valence-corrected chi connectivity index (χ1v) is 18.1. The van der Waals surface area contributed by atoms with Crippen molar-refractivity contribution in [2.45, 2.75) is 64.6 Å². The van der Waals surface area contributed by atoms with Crippen molar-refractivity contribution in [2.75, 3.05) is 13.7 Å². The number of ether oxygens (including phenoxy) is 2. The summed E-state index contributed by atoms with van der Waals surface area (Å²) in [5, 5.41) is 5.74. The molecule has 0 saturated heterocycles. The predicted molar refractivity (Wildman–Crippen MR) is 180 cm³/mol. The van der Waals surface area contributed by atoms with Gasteiger partial charge in [-0.3, -0.25) is 4.79 Å². The first-order chi connectivity index (χ1) is 21.0. The van der Waals surface area contributed by atoms with Crippen LogP contribution in [0.5, 0.6) is 5.75 Å². The molecule has 0 aliphatic heterocycles. The van der Waals surface area contributed by atoms with Gasteiger partial charge in [0, 0.05) is 5.41 Å². The van der Waals surface area contributed by atoms with Crippen LogP contribution in [-0.4, -0.2) is 54.1 Å². The normalized spacial score (nSPS) is 13.2. The lowest BCUT2D eigenvalue weighted by Gasteiger charge is -2.43. The van der Waals surface area contributed by atoms with Gasteiger partial charge in [-0.05, 0) is 66.4 Å². The fourth-order valence-corrected chi connectivity index (χ4v) is 10.1. The molecule has 1 amide bonds. The molecular weight excluding hydrogens is 609 g/mol. The first-order valence-electron chi connectivity index (χ1n) is 14.7. The van der Waals surface area contributed by atoms with E-state index in [2.05, 4.69) is 59.8 Å². The maximum atomic E-state index is 12.6. The van der Waals surface area contributed by atoms with Crippen LogP contribution in [0.15, 0.2) is 96.4 Å². The van der Waals surface area contributed by atoms with Gasteiger partial charge in [-0.1, -0.05) is 93.6 Å². The lowest BCUT2D eigenvalue weighted by Crippen LogP contribution is -2.68. The average molecular weight is 653 g/mol. The molecular formula is C34H44N2O7SSi. The molecule has 45 heavy (non-hydrogen) atoms. The largest absolute Gasteiger partial charge is 0.534 e. The van der Waals surface area contributed by atoms with Gasteiger partial charge >= 0.3 is 20.4 Å². The van der Waals surface area contributed by atoms with Crippen molar-refractivity contribution in [2.24, 2.45) is 0 Å². The minimum atomic E-state index is -3.98. The molecule has 0 bridgehead atoms. The molecule has 9 nitrogen and oxygen atoms in total. The molecule has 0 aliphatic rings. The molecule has 0 aromatic heterocycles. The number of benzene rings is 3. The number of carbonyl (C=O) groups excluding carboxylic acids is 2. The van der Waals surface area contributed by atoms with E-state index in [1.807, 2.05) is 60.7 Å². The van der Waals surface area contributed by atoms with Crippen LogP contribution in [-0.2, 0) is 30.7 Å². The topological polar surface area (TPSA) is 120 Å². The molecule has 0 aliphatic carbocycles. The highest BCUT2D eigenvalue weighted by atomic mass is 32.2. The minimum Gasteiger partial charge on any atom is -0.534 e. The van der Waals surface area contributed by atoms with E-state index in [0.717, 1.165) is 28.5 Å². The van der Waals surface area contributed by atoms with Gasteiger partial charge in [-0.25, -0.2) is 17.9 Å². The van der Waals surface area contributed by atoms with E-state index >= 15 is 0 Å². The van der Waals surface area contributed by atoms with Gasteiger partial charge in [-0.2, -0.15) is 0 Å². The number of methoxy groups -OCH3 is 1. The Morgan fingerprint density at radius 1 is 0.844 bits per heavy atom. The number of nitrogens with one attached hydrogen (secondary N) is 2. The Labute approximate surface area is 268 Å². The van der Waals surface area contributed by atoms with Crippen LogP contribution in [0, 0.1) is 0 Å². The van der Waals surface area contributed by atoms with E-state index in [4.69, 9.17) is 9.16 Å². The van der Waals surface area contributed by atoms with Gasteiger partial charge < -0.3 is 19.2 Å². The second kappa shape index (κ2) is 14.9. The van der Waals surface area contributed by atoms with Crippen LogP contribution in [0.1, 0.15) is 47.1 Å². The SMILES string of the molecule is COC(=O)CNS(=O)(=O)/C=C/C(Cc1ccc(O[Si](c2ccccc2)(c2ccccc2)C(C)(C)C)cc1)NC(=O)OC(C)(C)C. The third-order valence-corrected chi connectivity index (χ3v) is 12.9. The zero-order chi connectivity index (χ0) is 33.3. The van der Waals surface area contributed by atoms with E-state index < -0.39 is 48.6 Å². The average Bonchev–Trinajstić information content (AvgIpc) is 2.97. The summed E-state index contributed by atoms with van der Waals surface area (Å²) in [5.41, 5.74) is 0.0855. The molecule has 242 valence electrons. The van der Waals surface area contributed by atoms with Crippen molar-refractivity contribution in [1.29, 1.82) is 0 Å². The molecule has 0 saturated carbocycles. The van der Waals surface area contributed by atoms with Gasteiger partial charge in [0.2, 0.25) is 10.0 Å². The minimum absolute atomic E-state index is 0.213. The van der Waals surface area contributed by atoms with E-state index in [9.17, 15) is 18.0 Å². The zero-order valence-corrected chi connectivity index (χ0v) is 28.8. The van der Waals surface area contributed by atoms with Crippen LogP contribution in [0.3, 0.4) is 0 Å². The molecule has 11 heteroatoms. The summed E-state index contributed by atoms with van der Waals surface area (Å²) in [6.45, 7) is 11.3.